The van der Waals surface area contributed by atoms with Crippen molar-refractivity contribution in [3.8, 4) is 0 Å². The van der Waals surface area contributed by atoms with E-state index in [1.807, 2.05) is 0 Å². The van der Waals surface area contributed by atoms with Gasteiger partial charge in [0.25, 0.3) is 0 Å². The van der Waals surface area contributed by atoms with Gasteiger partial charge >= 0.3 is 11.8 Å². The number of hydrogen-bond acceptors (Lipinski definition) is 4. The molecule has 0 saturated heterocycles. The summed E-state index contributed by atoms with van der Waals surface area (Å²) in [4.78, 5) is 34.4. The predicted octanol–water partition coefficient (Wildman–Crippen LogP) is 0.376. The highest BCUT2D eigenvalue weighted by molar-refractivity contribution is 6.41. The smallest absolute Gasteiger partial charge is 0.318 e. The lowest BCUT2D eigenvalue weighted by atomic mass is 10.2. The van der Waals surface area contributed by atoms with Crippen molar-refractivity contribution in [1.29, 1.82) is 0 Å². The molecular formula is C12H12F3N3O3. The lowest BCUT2D eigenvalue weighted by molar-refractivity contribution is -0.146. The fourth-order valence-corrected chi connectivity index (χ4v) is 1.39. The van der Waals surface area contributed by atoms with Crippen LogP contribution in [0.25, 0.3) is 0 Å². The fraction of sp³-hybridized carbons (Fsp3) is 0.250. The van der Waals surface area contributed by atoms with Crippen LogP contribution in [0.5, 0.6) is 0 Å². The van der Waals surface area contributed by atoms with Crippen molar-refractivity contribution < 1.29 is 27.6 Å². The molecule has 0 aliphatic carbocycles. The minimum absolute atomic E-state index is 0.0908. The Bertz CT molecular complexity index is 566. The molecule has 0 bridgehead atoms. The molecule has 114 valence electrons. The van der Waals surface area contributed by atoms with E-state index in [0.717, 1.165) is 6.07 Å². The Morgan fingerprint density at radius 3 is 2.48 bits per heavy atom. The summed E-state index contributed by atoms with van der Waals surface area (Å²) < 4.78 is 39.0. The van der Waals surface area contributed by atoms with E-state index in [4.69, 9.17) is 5.73 Å². The number of benzene rings is 1. The number of carbonyl (C=O) groups is 3. The molecule has 21 heavy (non-hydrogen) atoms. The van der Waals surface area contributed by atoms with E-state index in [1.54, 1.807) is 5.32 Å². The fourth-order valence-electron chi connectivity index (χ4n) is 1.39. The Kier molecular flexibility index (Phi) is 5.85. The van der Waals surface area contributed by atoms with Gasteiger partial charge in [0.1, 0.15) is 0 Å². The minimum Gasteiger partial charge on any atom is -0.330 e. The second kappa shape index (κ2) is 7.39. The number of anilines is 1. The highest BCUT2D eigenvalue weighted by Crippen LogP contribution is 2.19. The summed E-state index contributed by atoms with van der Waals surface area (Å²) in [6.45, 7) is 0.101. The number of halogens is 3. The van der Waals surface area contributed by atoms with Crippen LogP contribution in [-0.4, -0.2) is 36.2 Å². The molecule has 0 aliphatic rings. The first kappa shape index (κ1) is 16.6. The zero-order valence-corrected chi connectivity index (χ0v) is 10.7. The van der Waals surface area contributed by atoms with Gasteiger partial charge in [0.15, 0.2) is 17.5 Å². The zero-order chi connectivity index (χ0) is 16.0. The first-order valence-electron chi connectivity index (χ1n) is 5.83. The summed E-state index contributed by atoms with van der Waals surface area (Å²) in [5, 5.41) is 1.77. The molecule has 1 rings (SSSR count). The number of hydrogen-bond donors (Lipinski definition) is 2. The van der Waals surface area contributed by atoms with Crippen LogP contribution in [0.4, 0.5) is 18.9 Å². The van der Waals surface area contributed by atoms with Crippen molar-refractivity contribution in [3.63, 3.8) is 0 Å². The van der Waals surface area contributed by atoms with Gasteiger partial charge in [0.2, 0.25) is 6.41 Å². The van der Waals surface area contributed by atoms with Crippen LogP contribution < -0.4 is 11.1 Å². The van der Waals surface area contributed by atoms with Gasteiger partial charge in [-0.25, -0.2) is 13.2 Å². The largest absolute Gasteiger partial charge is 0.330 e. The van der Waals surface area contributed by atoms with E-state index >= 15 is 0 Å². The highest BCUT2D eigenvalue weighted by atomic mass is 19.2. The molecule has 6 nitrogen and oxygen atoms in total. The molecule has 0 radical (unpaired) electrons. The van der Waals surface area contributed by atoms with E-state index in [1.165, 1.54) is 0 Å². The zero-order valence-electron chi connectivity index (χ0n) is 10.7. The molecule has 1 aromatic carbocycles. The molecule has 0 aliphatic heterocycles. The van der Waals surface area contributed by atoms with Crippen LogP contribution >= 0.6 is 0 Å². The van der Waals surface area contributed by atoms with Crippen molar-refractivity contribution in [1.82, 2.24) is 4.90 Å². The maximum Gasteiger partial charge on any atom is 0.318 e. The second-order valence-corrected chi connectivity index (χ2v) is 3.92. The number of carbonyl (C=O) groups excluding carboxylic acids is 3. The Morgan fingerprint density at radius 2 is 1.90 bits per heavy atom. The maximum absolute atomic E-state index is 13.3. The van der Waals surface area contributed by atoms with Crippen molar-refractivity contribution in [2.45, 2.75) is 6.42 Å². The van der Waals surface area contributed by atoms with Gasteiger partial charge < -0.3 is 11.1 Å². The van der Waals surface area contributed by atoms with Gasteiger partial charge in [-0.15, -0.1) is 0 Å². The van der Waals surface area contributed by atoms with E-state index in [0.29, 0.717) is 11.0 Å². The summed E-state index contributed by atoms with van der Waals surface area (Å²) in [5.41, 5.74) is 4.49. The third-order valence-electron chi connectivity index (χ3n) is 2.47. The van der Waals surface area contributed by atoms with Crippen LogP contribution in [0.1, 0.15) is 6.42 Å². The van der Waals surface area contributed by atoms with Gasteiger partial charge in [0, 0.05) is 6.54 Å². The van der Waals surface area contributed by atoms with Gasteiger partial charge in [-0.2, -0.15) is 0 Å². The Balaban J connectivity index is 2.83. The van der Waals surface area contributed by atoms with Crippen LogP contribution in [0.3, 0.4) is 0 Å². The molecule has 1 aromatic rings. The second-order valence-electron chi connectivity index (χ2n) is 3.92. The van der Waals surface area contributed by atoms with Gasteiger partial charge in [-0.1, -0.05) is 0 Å². The van der Waals surface area contributed by atoms with Gasteiger partial charge in [-0.3, -0.25) is 19.3 Å². The van der Waals surface area contributed by atoms with E-state index in [9.17, 15) is 27.6 Å². The van der Waals surface area contributed by atoms with Crippen molar-refractivity contribution in [2.24, 2.45) is 5.73 Å². The SMILES string of the molecule is NCCCN(C=O)C(=O)C(=O)Nc1ccc(F)c(F)c1F. The van der Waals surface area contributed by atoms with E-state index in [2.05, 4.69) is 0 Å². The lowest BCUT2D eigenvalue weighted by Crippen LogP contribution is -2.40. The molecule has 3 amide bonds. The quantitative estimate of drug-likeness (QED) is 0.467. The predicted molar refractivity (Wildman–Crippen MR) is 66.4 cm³/mol. The highest BCUT2D eigenvalue weighted by Gasteiger charge is 2.23. The normalized spacial score (nSPS) is 10.1. The molecule has 9 heteroatoms. The van der Waals surface area contributed by atoms with Gasteiger partial charge in [0.05, 0.1) is 5.69 Å². The molecule has 0 atom stereocenters. The van der Waals surface area contributed by atoms with Crippen LogP contribution in [0.15, 0.2) is 12.1 Å². The van der Waals surface area contributed by atoms with E-state index in [-0.39, 0.29) is 25.9 Å². The number of imide groups is 1. The number of nitrogens with one attached hydrogen (secondary N) is 1. The van der Waals surface area contributed by atoms with Crippen molar-refractivity contribution in [2.75, 3.05) is 18.4 Å². The van der Waals surface area contributed by atoms with Gasteiger partial charge in [-0.05, 0) is 25.1 Å². The molecule has 0 heterocycles. The summed E-state index contributed by atoms with van der Waals surface area (Å²) in [6.07, 6.45) is 0.399. The third-order valence-corrected chi connectivity index (χ3v) is 2.47. The number of amides is 3. The standard InChI is InChI=1S/C12H12F3N3O3/c13-7-2-3-8(10(15)9(7)14)17-11(20)12(21)18(6-19)5-1-4-16/h2-3,6H,1,4-5,16H2,(H,17,20). The number of nitrogens with two attached hydrogens (primary N) is 1. The third kappa shape index (κ3) is 4.02. The Labute approximate surface area is 117 Å². The topological polar surface area (TPSA) is 92.5 Å². The van der Waals surface area contributed by atoms with Crippen LogP contribution in [0, 0.1) is 17.5 Å². The monoisotopic (exact) mass is 303 g/mol. The first-order valence-corrected chi connectivity index (χ1v) is 5.83. The van der Waals surface area contributed by atoms with Crippen LogP contribution in [-0.2, 0) is 14.4 Å². The average Bonchev–Trinajstić information content (AvgIpc) is 2.48. The first-order chi connectivity index (χ1) is 9.92. The maximum atomic E-state index is 13.3. The van der Waals surface area contributed by atoms with Crippen molar-refractivity contribution >= 4 is 23.9 Å². The van der Waals surface area contributed by atoms with Crippen molar-refractivity contribution in [3.05, 3.63) is 29.6 Å². The molecule has 3 N–H and O–H groups in total. The average molecular weight is 303 g/mol. The molecule has 0 aromatic heterocycles. The lowest BCUT2D eigenvalue weighted by Gasteiger charge is -2.14. The number of rotatable bonds is 5. The Hall–Kier alpha value is -2.42. The molecule has 0 saturated carbocycles. The minimum atomic E-state index is -1.78. The van der Waals surface area contributed by atoms with Crippen LogP contribution in [0.2, 0.25) is 0 Å². The molecule has 0 unspecified atom stereocenters. The molecule has 0 spiro atoms. The molecule has 0 fully saturated rings. The summed E-state index contributed by atoms with van der Waals surface area (Å²) in [5.74, 6) is -7.48. The Morgan fingerprint density at radius 1 is 1.24 bits per heavy atom. The summed E-state index contributed by atoms with van der Waals surface area (Å²) in [6, 6.07) is 1.34. The summed E-state index contributed by atoms with van der Waals surface area (Å²) >= 11 is 0. The summed E-state index contributed by atoms with van der Waals surface area (Å²) in [7, 11) is 0. The molecular weight excluding hydrogens is 291 g/mol. The number of nitrogens with zero attached hydrogens (tertiary/aromatic N) is 1. The van der Waals surface area contributed by atoms with E-state index < -0.39 is 35.0 Å².